The molecule has 1 aliphatic rings. The fraction of sp³-hybridized carbons (Fsp3) is 0.240. The van der Waals surface area contributed by atoms with E-state index >= 15 is 0 Å². The summed E-state index contributed by atoms with van der Waals surface area (Å²) in [5, 5.41) is 0. The monoisotopic (exact) mass is 431 g/mol. The maximum Gasteiger partial charge on any atom is 0.163 e. The number of fused-ring (bicyclic) bond motifs is 1. The summed E-state index contributed by atoms with van der Waals surface area (Å²) in [5.74, 6) is 0. The third kappa shape index (κ3) is 3.98. The maximum atomic E-state index is 5.66. The third-order valence-corrected chi connectivity index (χ3v) is 7.35. The summed E-state index contributed by atoms with van der Waals surface area (Å²) in [6, 6.07) is 30.6. The molecule has 0 radical (unpaired) electrons. The average molecular weight is 432 g/mol. The van der Waals surface area contributed by atoms with Gasteiger partial charge in [-0.2, -0.15) is 0 Å². The van der Waals surface area contributed by atoms with E-state index in [1.165, 1.54) is 21.3 Å². The first-order valence-electron chi connectivity index (χ1n) is 10.4. The van der Waals surface area contributed by atoms with E-state index < -0.39 is 0 Å². The van der Waals surface area contributed by atoms with Gasteiger partial charge in [0.25, 0.3) is 0 Å². The van der Waals surface area contributed by atoms with Crippen LogP contribution in [0.4, 0.5) is 0 Å². The topological polar surface area (TPSA) is 11.4 Å². The van der Waals surface area contributed by atoms with Crippen molar-refractivity contribution in [1.29, 1.82) is 0 Å². The molecule has 1 saturated heterocycles. The molecule has 0 N–H and O–H groups in total. The Morgan fingerprint density at radius 3 is 1.93 bits per heavy atom. The fourth-order valence-electron chi connectivity index (χ4n) is 4.40. The van der Waals surface area contributed by atoms with Gasteiger partial charge in [0.2, 0.25) is 0 Å². The molecule has 3 aromatic carbocycles. The minimum Gasteiger partial charge on any atom is -0.309 e. The molecule has 0 bridgehead atoms. The number of piperazine rings is 1. The molecular formula is C25H25N3S2. The number of para-hydroxylation sites is 1. The average Bonchev–Trinajstić information content (AvgIpc) is 3.12. The molecule has 5 rings (SSSR count). The van der Waals surface area contributed by atoms with Crippen LogP contribution >= 0.6 is 23.6 Å². The van der Waals surface area contributed by atoms with Crippen molar-refractivity contribution >= 4 is 33.8 Å². The number of hydrogen-bond acceptors (Lipinski definition) is 4. The highest BCUT2D eigenvalue weighted by atomic mass is 32.1. The van der Waals surface area contributed by atoms with E-state index in [1.807, 2.05) is 0 Å². The lowest BCUT2D eigenvalue weighted by Gasteiger charge is -2.40. The van der Waals surface area contributed by atoms with Crippen molar-refractivity contribution in [3.05, 3.63) is 100 Å². The highest BCUT2D eigenvalue weighted by Gasteiger charge is 2.26. The number of aromatic nitrogens is 1. The van der Waals surface area contributed by atoms with E-state index in [9.17, 15) is 0 Å². The van der Waals surface area contributed by atoms with E-state index in [0.717, 1.165) is 36.8 Å². The smallest absolute Gasteiger partial charge is 0.163 e. The first-order chi connectivity index (χ1) is 14.8. The highest BCUT2D eigenvalue weighted by Crippen LogP contribution is 2.30. The second kappa shape index (κ2) is 8.82. The van der Waals surface area contributed by atoms with Crippen LogP contribution in [0.1, 0.15) is 17.2 Å². The second-order valence-corrected chi connectivity index (χ2v) is 9.46. The van der Waals surface area contributed by atoms with Crippen LogP contribution in [0.5, 0.6) is 0 Å². The van der Waals surface area contributed by atoms with Crippen LogP contribution < -0.4 is 0 Å². The van der Waals surface area contributed by atoms with Crippen molar-refractivity contribution in [2.24, 2.45) is 0 Å². The number of benzene rings is 3. The van der Waals surface area contributed by atoms with E-state index in [2.05, 4.69) is 99.3 Å². The zero-order chi connectivity index (χ0) is 20.3. The lowest BCUT2D eigenvalue weighted by molar-refractivity contribution is 0.0895. The molecule has 0 aliphatic carbocycles. The minimum atomic E-state index is 0.304. The lowest BCUT2D eigenvalue weighted by atomic mass is 9.96. The van der Waals surface area contributed by atoms with Crippen LogP contribution in [0.3, 0.4) is 0 Å². The van der Waals surface area contributed by atoms with Crippen molar-refractivity contribution in [2.75, 3.05) is 26.2 Å². The van der Waals surface area contributed by atoms with E-state index in [1.54, 1.807) is 11.3 Å². The molecular weight excluding hydrogens is 406 g/mol. The Morgan fingerprint density at radius 2 is 1.30 bits per heavy atom. The van der Waals surface area contributed by atoms with Crippen molar-refractivity contribution in [3.8, 4) is 0 Å². The first kappa shape index (κ1) is 19.6. The van der Waals surface area contributed by atoms with Gasteiger partial charge in [-0.05, 0) is 35.5 Å². The second-order valence-electron chi connectivity index (χ2n) is 7.78. The van der Waals surface area contributed by atoms with E-state index in [-0.39, 0.29) is 0 Å². The molecule has 0 unspecified atom stereocenters. The van der Waals surface area contributed by atoms with Gasteiger partial charge in [0.05, 0.1) is 22.9 Å². The van der Waals surface area contributed by atoms with Crippen LogP contribution in [-0.4, -0.2) is 40.5 Å². The normalized spacial score (nSPS) is 15.8. The van der Waals surface area contributed by atoms with Crippen molar-refractivity contribution in [3.63, 3.8) is 0 Å². The molecule has 1 fully saturated rings. The number of hydrogen-bond donors (Lipinski definition) is 0. The molecule has 0 spiro atoms. The lowest BCUT2D eigenvalue weighted by Crippen LogP contribution is -2.48. The first-order valence-corrected chi connectivity index (χ1v) is 11.7. The van der Waals surface area contributed by atoms with Gasteiger partial charge in [0, 0.05) is 26.2 Å². The van der Waals surface area contributed by atoms with Gasteiger partial charge >= 0.3 is 0 Å². The maximum absolute atomic E-state index is 5.66. The molecule has 0 atom stereocenters. The summed E-state index contributed by atoms with van der Waals surface area (Å²) < 4.78 is 4.52. The zero-order valence-electron chi connectivity index (χ0n) is 16.9. The third-order valence-electron chi connectivity index (χ3n) is 5.92. The number of thiazole rings is 1. The van der Waals surface area contributed by atoms with E-state index in [0.29, 0.717) is 6.04 Å². The van der Waals surface area contributed by atoms with Gasteiger partial charge < -0.3 is 4.57 Å². The summed E-state index contributed by atoms with van der Waals surface area (Å²) >= 11 is 7.37. The predicted molar refractivity (Wildman–Crippen MR) is 129 cm³/mol. The minimum absolute atomic E-state index is 0.304. The Labute approximate surface area is 186 Å². The molecule has 4 aromatic rings. The largest absolute Gasteiger partial charge is 0.309 e. The summed E-state index contributed by atoms with van der Waals surface area (Å²) in [7, 11) is 0. The molecule has 1 aliphatic heterocycles. The summed E-state index contributed by atoms with van der Waals surface area (Å²) in [6.07, 6.45) is 0. The molecule has 30 heavy (non-hydrogen) atoms. The fourth-order valence-corrected chi connectivity index (χ4v) is 5.70. The Bertz CT molecular complexity index is 1120. The van der Waals surface area contributed by atoms with Crippen molar-refractivity contribution in [2.45, 2.75) is 12.7 Å². The molecule has 2 heterocycles. The van der Waals surface area contributed by atoms with Gasteiger partial charge in [0.15, 0.2) is 3.95 Å². The van der Waals surface area contributed by atoms with Gasteiger partial charge in [-0.25, -0.2) is 0 Å². The number of rotatable bonds is 5. The predicted octanol–water partition coefficient (Wildman–Crippen LogP) is 5.80. The van der Waals surface area contributed by atoms with Gasteiger partial charge in [-0.1, -0.05) is 72.8 Å². The van der Waals surface area contributed by atoms with E-state index in [4.69, 9.17) is 12.2 Å². The summed E-state index contributed by atoms with van der Waals surface area (Å²) in [6.45, 7) is 5.05. The molecule has 5 heteroatoms. The Morgan fingerprint density at radius 1 is 0.733 bits per heavy atom. The van der Waals surface area contributed by atoms with Gasteiger partial charge in [0.1, 0.15) is 0 Å². The zero-order valence-corrected chi connectivity index (χ0v) is 18.5. The van der Waals surface area contributed by atoms with Crippen LogP contribution in [0.2, 0.25) is 0 Å². The molecule has 152 valence electrons. The van der Waals surface area contributed by atoms with Gasteiger partial charge in [-0.15, -0.1) is 11.3 Å². The van der Waals surface area contributed by atoms with Crippen molar-refractivity contribution < 1.29 is 0 Å². The Kier molecular flexibility index (Phi) is 5.77. The Balaban J connectivity index is 1.34. The van der Waals surface area contributed by atoms with Gasteiger partial charge in [-0.3, -0.25) is 9.80 Å². The molecule has 3 nitrogen and oxygen atoms in total. The highest BCUT2D eigenvalue weighted by molar-refractivity contribution is 7.73. The quantitative estimate of drug-likeness (QED) is 0.370. The van der Waals surface area contributed by atoms with Crippen LogP contribution in [-0.2, 0) is 6.67 Å². The molecule has 0 saturated carbocycles. The van der Waals surface area contributed by atoms with Crippen molar-refractivity contribution in [1.82, 2.24) is 14.4 Å². The van der Waals surface area contributed by atoms with Crippen LogP contribution in [0.15, 0.2) is 84.9 Å². The summed E-state index contributed by atoms with van der Waals surface area (Å²) in [5.41, 5.74) is 3.98. The molecule has 1 aromatic heterocycles. The number of nitrogens with zero attached hydrogens (tertiary/aromatic N) is 3. The van der Waals surface area contributed by atoms with Crippen LogP contribution in [0, 0.1) is 3.95 Å². The summed E-state index contributed by atoms with van der Waals surface area (Å²) in [4.78, 5) is 5.14. The Hall–Kier alpha value is -2.31. The van der Waals surface area contributed by atoms with Crippen LogP contribution in [0.25, 0.3) is 10.2 Å². The molecule has 0 amide bonds. The standard InChI is InChI=1S/C25H25N3S2/c29-25-28(22-13-7-8-14-23(22)30-25)19-26-15-17-27(18-16-26)24(20-9-3-1-4-10-20)21-11-5-2-6-12-21/h1-14,24H,15-19H2. The SMILES string of the molecule is S=c1sc2ccccc2n1CN1CCN(C(c2ccccc2)c2ccccc2)CC1.